The van der Waals surface area contributed by atoms with Crippen molar-refractivity contribution in [2.75, 3.05) is 0 Å². The van der Waals surface area contributed by atoms with Crippen molar-refractivity contribution in [1.82, 2.24) is 0 Å². The van der Waals surface area contributed by atoms with Crippen LogP contribution in [0.15, 0.2) is 54.6 Å². The highest BCUT2D eigenvalue weighted by Crippen LogP contribution is 2.28. The molecule has 0 bridgehead atoms. The lowest BCUT2D eigenvalue weighted by Gasteiger charge is -2.22. The van der Waals surface area contributed by atoms with E-state index in [1.807, 2.05) is 42.5 Å². The topological polar surface area (TPSA) is 43.1 Å². The van der Waals surface area contributed by atoms with E-state index in [0.29, 0.717) is 5.02 Å². The van der Waals surface area contributed by atoms with Crippen molar-refractivity contribution in [3.8, 4) is 12.3 Å². The van der Waals surface area contributed by atoms with Gasteiger partial charge in [0.15, 0.2) is 0 Å². The molecule has 0 spiro atoms. The van der Waals surface area contributed by atoms with E-state index in [-0.39, 0.29) is 5.92 Å². The summed E-state index contributed by atoms with van der Waals surface area (Å²) in [6.07, 6.45) is 5.19. The van der Waals surface area contributed by atoms with Crippen molar-refractivity contribution < 1.29 is 4.79 Å². The molecule has 2 rings (SSSR count). The number of rotatable bonds is 4. The maximum atomic E-state index is 11.8. The lowest BCUT2D eigenvalue weighted by atomic mass is 9.84. The van der Waals surface area contributed by atoms with Crippen LogP contribution in [0.4, 0.5) is 0 Å². The summed E-state index contributed by atoms with van der Waals surface area (Å²) < 4.78 is 0. The molecule has 2 nitrogen and oxygen atoms in total. The molecule has 2 atom stereocenters. The molecule has 2 aromatic carbocycles. The molecule has 0 aliphatic heterocycles. The zero-order valence-electron chi connectivity index (χ0n) is 10.8. The second-order valence-corrected chi connectivity index (χ2v) is 4.91. The van der Waals surface area contributed by atoms with Crippen LogP contribution < -0.4 is 5.73 Å². The lowest BCUT2D eigenvalue weighted by molar-refractivity contribution is -0.115. The molecule has 0 saturated carbocycles. The summed E-state index contributed by atoms with van der Waals surface area (Å²) >= 11 is 5.90. The molecule has 0 aromatic heterocycles. The van der Waals surface area contributed by atoms with Crippen LogP contribution in [0.3, 0.4) is 0 Å². The SMILES string of the molecule is C#CC(=O)[C@@H](N)[C@H](c1ccccc1)c1ccc(Cl)cc1. The van der Waals surface area contributed by atoms with E-state index < -0.39 is 11.8 Å². The molecular weight excluding hydrogens is 270 g/mol. The Balaban J connectivity index is 2.47. The normalized spacial score (nSPS) is 13.2. The summed E-state index contributed by atoms with van der Waals surface area (Å²) in [5.41, 5.74) is 7.91. The summed E-state index contributed by atoms with van der Waals surface area (Å²) in [5.74, 6) is 1.42. The van der Waals surface area contributed by atoms with Crippen LogP contribution in [-0.2, 0) is 4.79 Å². The summed E-state index contributed by atoms with van der Waals surface area (Å²) in [6.45, 7) is 0. The van der Waals surface area contributed by atoms with Crippen LogP contribution in [0.2, 0.25) is 5.02 Å². The maximum Gasteiger partial charge on any atom is 0.222 e. The highest BCUT2D eigenvalue weighted by Gasteiger charge is 2.26. The predicted molar refractivity (Wildman–Crippen MR) is 81.6 cm³/mol. The third-order valence-electron chi connectivity index (χ3n) is 3.19. The molecule has 20 heavy (non-hydrogen) atoms. The molecule has 0 heterocycles. The molecule has 2 N–H and O–H groups in total. The third kappa shape index (κ3) is 3.08. The fourth-order valence-electron chi connectivity index (χ4n) is 2.19. The number of hydrogen-bond acceptors (Lipinski definition) is 2. The molecular formula is C17H14ClNO. The standard InChI is InChI=1S/C17H14ClNO/c1-2-15(20)17(19)16(12-6-4-3-5-7-12)13-8-10-14(18)11-9-13/h1,3-11,16-17H,19H2/t16-,17-/m1/s1. The lowest BCUT2D eigenvalue weighted by Crippen LogP contribution is -2.36. The molecule has 3 heteroatoms. The Morgan fingerprint density at radius 2 is 1.60 bits per heavy atom. The molecule has 0 radical (unpaired) electrons. The fourth-order valence-corrected chi connectivity index (χ4v) is 2.31. The number of nitrogens with two attached hydrogens (primary N) is 1. The van der Waals surface area contributed by atoms with Gasteiger partial charge in [-0.2, -0.15) is 0 Å². The molecule has 0 unspecified atom stereocenters. The summed E-state index contributed by atoms with van der Waals surface area (Å²) in [5, 5.41) is 0.636. The molecule has 0 amide bonds. The largest absolute Gasteiger partial charge is 0.320 e. The Hall–Kier alpha value is -2.08. The second-order valence-electron chi connectivity index (χ2n) is 4.47. The van der Waals surface area contributed by atoms with Crippen LogP contribution in [-0.4, -0.2) is 11.8 Å². The van der Waals surface area contributed by atoms with Crippen molar-refractivity contribution in [1.29, 1.82) is 0 Å². The number of terminal acetylenes is 1. The van der Waals surface area contributed by atoms with Gasteiger partial charge in [0.1, 0.15) is 0 Å². The summed E-state index contributed by atoms with van der Waals surface area (Å²) in [4.78, 5) is 11.8. The van der Waals surface area contributed by atoms with Crippen LogP contribution in [0, 0.1) is 12.3 Å². The molecule has 2 aromatic rings. The van der Waals surface area contributed by atoms with E-state index >= 15 is 0 Å². The van der Waals surface area contributed by atoms with Crippen molar-refractivity contribution in [3.05, 3.63) is 70.7 Å². The van der Waals surface area contributed by atoms with Crippen molar-refractivity contribution in [2.45, 2.75) is 12.0 Å². The number of carbonyl (C=O) groups excluding carboxylic acids is 1. The Bertz CT molecular complexity index is 628. The minimum absolute atomic E-state index is 0.281. The number of halogens is 1. The van der Waals surface area contributed by atoms with E-state index in [4.69, 9.17) is 23.8 Å². The van der Waals surface area contributed by atoms with Crippen molar-refractivity contribution in [3.63, 3.8) is 0 Å². The Labute approximate surface area is 123 Å². The van der Waals surface area contributed by atoms with Gasteiger partial charge in [-0.1, -0.05) is 54.1 Å². The second kappa shape index (κ2) is 6.38. The highest BCUT2D eigenvalue weighted by molar-refractivity contribution is 6.30. The van der Waals surface area contributed by atoms with E-state index in [1.54, 1.807) is 12.1 Å². The quantitative estimate of drug-likeness (QED) is 0.692. The molecule has 0 fully saturated rings. The Morgan fingerprint density at radius 1 is 1.05 bits per heavy atom. The summed E-state index contributed by atoms with van der Waals surface area (Å²) in [7, 11) is 0. The smallest absolute Gasteiger partial charge is 0.222 e. The van der Waals surface area contributed by atoms with E-state index in [0.717, 1.165) is 11.1 Å². The Kier molecular flexibility index (Phi) is 4.57. The Morgan fingerprint density at radius 3 is 2.15 bits per heavy atom. The third-order valence-corrected chi connectivity index (χ3v) is 3.44. The van der Waals surface area contributed by atoms with Gasteiger partial charge in [-0.25, -0.2) is 0 Å². The molecule has 0 aliphatic rings. The first-order valence-electron chi connectivity index (χ1n) is 6.20. The van der Waals surface area contributed by atoms with Crippen LogP contribution in [0.1, 0.15) is 17.0 Å². The molecule has 0 aliphatic carbocycles. The van der Waals surface area contributed by atoms with Gasteiger partial charge >= 0.3 is 0 Å². The van der Waals surface area contributed by atoms with Crippen LogP contribution in [0.25, 0.3) is 0 Å². The maximum absolute atomic E-state index is 11.8. The van der Waals surface area contributed by atoms with Gasteiger partial charge in [-0.3, -0.25) is 4.79 Å². The van der Waals surface area contributed by atoms with E-state index in [1.165, 1.54) is 0 Å². The minimum atomic E-state index is -0.774. The minimum Gasteiger partial charge on any atom is -0.320 e. The monoisotopic (exact) mass is 283 g/mol. The van der Waals surface area contributed by atoms with Gasteiger partial charge < -0.3 is 5.73 Å². The zero-order valence-corrected chi connectivity index (χ0v) is 11.5. The number of ketones is 1. The number of hydrogen-bond donors (Lipinski definition) is 1. The van der Waals surface area contributed by atoms with E-state index in [9.17, 15) is 4.79 Å². The van der Waals surface area contributed by atoms with Crippen LogP contribution in [0.5, 0.6) is 0 Å². The van der Waals surface area contributed by atoms with Gasteiger partial charge in [-0.15, -0.1) is 6.42 Å². The zero-order chi connectivity index (χ0) is 14.5. The van der Waals surface area contributed by atoms with Gasteiger partial charge in [-0.05, 0) is 29.2 Å². The van der Waals surface area contributed by atoms with Crippen molar-refractivity contribution in [2.24, 2.45) is 5.73 Å². The average Bonchev–Trinajstić information content (AvgIpc) is 2.49. The van der Waals surface area contributed by atoms with E-state index in [2.05, 4.69) is 5.92 Å². The summed E-state index contributed by atoms with van der Waals surface area (Å²) in [6, 6.07) is 16.1. The van der Waals surface area contributed by atoms with Gasteiger partial charge in [0.25, 0.3) is 0 Å². The predicted octanol–water partition coefficient (Wildman–Crippen LogP) is 3.00. The van der Waals surface area contributed by atoms with Gasteiger partial charge in [0.05, 0.1) is 6.04 Å². The van der Waals surface area contributed by atoms with Gasteiger partial charge in [0, 0.05) is 10.9 Å². The highest BCUT2D eigenvalue weighted by atomic mass is 35.5. The average molecular weight is 284 g/mol. The number of Topliss-reactive ketones (excluding diaryl/α,β-unsaturated/α-hetero) is 1. The first-order chi connectivity index (χ1) is 9.63. The first-order valence-corrected chi connectivity index (χ1v) is 6.57. The molecule has 100 valence electrons. The number of benzene rings is 2. The van der Waals surface area contributed by atoms with Crippen molar-refractivity contribution >= 4 is 17.4 Å². The fraction of sp³-hybridized carbons (Fsp3) is 0.118. The number of carbonyl (C=O) groups is 1. The van der Waals surface area contributed by atoms with Gasteiger partial charge in [0.2, 0.25) is 5.78 Å². The first kappa shape index (κ1) is 14.3. The van der Waals surface area contributed by atoms with Crippen LogP contribution >= 0.6 is 11.6 Å². The molecule has 0 saturated heterocycles.